The van der Waals surface area contributed by atoms with Gasteiger partial charge in [-0.1, -0.05) is 92.6 Å². The maximum absolute atomic E-state index is 14.1. The van der Waals surface area contributed by atoms with E-state index in [0.29, 0.717) is 46.9 Å². The van der Waals surface area contributed by atoms with E-state index in [9.17, 15) is 18.0 Å². The quantitative estimate of drug-likeness (QED) is 0.0776. The van der Waals surface area contributed by atoms with Gasteiger partial charge < -0.3 is 15.0 Å². The zero-order valence-corrected chi connectivity index (χ0v) is 29.9. The van der Waals surface area contributed by atoms with Crippen molar-refractivity contribution in [1.29, 1.82) is 0 Å². The second kappa shape index (κ2) is 17.5. The fraction of sp³-hybridized carbons (Fsp3) is 0.349. The van der Waals surface area contributed by atoms with Crippen molar-refractivity contribution >= 4 is 5.78 Å². The molecule has 0 amide bonds. The number of ketones is 1. The summed E-state index contributed by atoms with van der Waals surface area (Å²) in [5.74, 6) is 1.23. The topological polar surface area (TPSA) is 70.1 Å². The normalized spacial score (nSPS) is 11.6. The Bertz CT molecular complexity index is 1880. The molecule has 5 rings (SSSR count). The molecule has 5 nitrogen and oxygen atoms in total. The molecule has 2 N–H and O–H groups in total. The number of Topliss-reactive ketones (excluding diaryl/α,β-unsaturated/α-hetero) is 1. The molecule has 5 aromatic rings. The van der Waals surface area contributed by atoms with E-state index in [1.54, 1.807) is 20.1 Å². The minimum absolute atomic E-state index is 0.118. The number of ether oxygens (including phenoxy) is 1. The number of alkyl halides is 3. The van der Waals surface area contributed by atoms with Gasteiger partial charge in [0.2, 0.25) is 0 Å². The molecular formula is C43H48F3N3O2. The molecule has 0 aliphatic carbocycles. The van der Waals surface area contributed by atoms with Crippen LogP contribution in [0.3, 0.4) is 0 Å². The fourth-order valence-corrected chi connectivity index (χ4v) is 6.47. The summed E-state index contributed by atoms with van der Waals surface area (Å²) in [6.07, 6.45) is 4.94. The first-order valence-electron chi connectivity index (χ1n) is 17.9. The monoisotopic (exact) mass is 695 g/mol. The standard InChI is InChI=1S/C43H48F3N3O2/c1-30-13-17-34(18-14-30)40-41(35-21-23-38(51-3)24-22-35)49(42(48-40)36-26-31(2)27-37(28-36)43(44,45)46)29-32-15-19-33(20-16-32)39(50)12-10-8-6-4-5-7-9-11-25-47/h13-24,26-28H,4-12,25,29,47H2,1-3H3. The summed E-state index contributed by atoms with van der Waals surface area (Å²) < 4.78 is 49.6. The highest BCUT2D eigenvalue weighted by molar-refractivity contribution is 5.96. The number of halogens is 3. The van der Waals surface area contributed by atoms with E-state index in [1.165, 1.54) is 31.7 Å². The fourth-order valence-electron chi connectivity index (χ4n) is 6.47. The molecule has 0 bridgehead atoms. The van der Waals surface area contributed by atoms with E-state index in [2.05, 4.69) is 0 Å². The number of nitrogens with two attached hydrogens (primary N) is 1. The van der Waals surface area contributed by atoms with Crippen molar-refractivity contribution in [3.8, 4) is 39.7 Å². The summed E-state index contributed by atoms with van der Waals surface area (Å²) >= 11 is 0. The number of nitrogens with zero attached hydrogens (tertiary/aromatic N) is 2. The Labute approximate surface area is 299 Å². The number of unbranched alkanes of at least 4 members (excludes halogenated alkanes) is 7. The highest BCUT2D eigenvalue weighted by Crippen LogP contribution is 2.40. The Morgan fingerprint density at radius 2 is 1.33 bits per heavy atom. The molecule has 0 saturated heterocycles. The van der Waals surface area contributed by atoms with Gasteiger partial charge in [0.1, 0.15) is 11.6 Å². The predicted octanol–water partition coefficient (Wildman–Crippen LogP) is 11.2. The molecule has 0 saturated carbocycles. The first-order chi connectivity index (χ1) is 24.6. The summed E-state index contributed by atoms with van der Waals surface area (Å²) in [4.78, 5) is 18.1. The van der Waals surface area contributed by atoms with Crippen LogP contribution in [0, 0.1) is 13.8 Å². The lowest BCUT2D eigenvalue weighted by atomic mass is 10.0. The van der Waals surface area contributed by atoms with Gasteiger partial charge in [-0.15, -0.1) is 0 Å². The number of hydrogen-bond donors (Lipinski definition) is 1. The predicted molar refractivity (Wildman–Crippen MR) is 200 cm³/mol. The average molecular weight is 696 g/mol. The van der Waals surface area contributed by atoms with Crippen LogP contribution in [0.1, 0.15) is 90.4 Å². The maximum Gasteiger partial charge on any atom is 0.416 e. The number of carbonyl (C=O) groups is 1. The molecule has 0 fully saturated rings. The highest BCUT2D eigenvalue weighted by atomic mass is 19.4. The number of imidazole rings is 1. The third-order valence-electron chi connectivity index (χ3n) is 9.29. The first-order valence-corrected chi connectivity index (χ1v) is 17.9. The molecule has 8 heteroatoms. The van der Waals surface area contributed by atoms with Gasteiger partial charge >= 0.3 is 6.18 Å². The summed E-state index contributed by atoms with van der Waals surface area (Å²) in [5.41, 5.74) is 11.5. The van der Waals surface area contributed by atoms with Crippen LogP contribution in [0.15, 0.2) is 91.0 Å². The molecule has 0 unspecified atom stereocenters. The number of carbonyl (C=O) groups excluding carboxylic acids is 1. The maximum atomic E-state index is 14.1. The molecule has 1 heterocycles. The Morgan fingerprint density at radius 1 is 0.725 bits per heavy atom. The van der Waals surface area contributed by atoms with Gasteiger partial charge in [-0.2, -0.15) is 13.2 Å². The van der Waals surface area contributed by atoms with Crippen molar-refractivity contribution < 1.29 is 22.7 Å². The van der Waals surface area contributed by atoms with Crippen LogP contribution in [-0.4, -0.2) is 29.0 Å². The zero-order valence-electron chi connectivity index (χ0n) is 29.9. The number of hydrogen-bond acceptors (Lipinski definition) is 4. The number of rotatable bonds is 17. The summed E-state index contributed by atoms with van der Waals surface area (Å²) in [5, 5.41) is 0. The van der Waals surface area contributed by atoms with E-state index in [4.69, 9.17) is 15.5 Å². The molecule has 0 aliphatic rings. The van der Waals surface area contributed by atoms with E-state index in [0.717, 1.165) is 66.2 Å². The van der Waals surface area contributed by atoms with Crippen molar-refractivity contribution in [1.82, 2.24) is 9.55 Å². The lowest BCUT2D eigenvalue weighted by Crippen LogP contribution is -2.08. The molecule has 1 aromatic heterocycles. The molecule has 0 atom stereocenters. The van der Waals surface area contributed by atoms with Crippen molar-refractivity contribution in [2.45, 2.75) is 84.4 Å². The summed E-state index contributed by atoms with van der Waals surface area (Å²) in [6.45, 7) is 4.75. The number of aromatic nitrogens is 2. The molecule has 51 heavy (non-hydrogen) atoms. The number of aryl methyl sites for hydroxylation is 2. The number of methoxy groups -OCH3 is 1. The Balaban J connectivity index is 1.48. The molecule has 0 radical (unpaired) electrons. The average Bonchev–Trinajstić information content (AvgIpc) is 3.49. The molecule has 0 aliphatic heterocycles. The zero-order chi connectivity index (χ0) is 36.4. The van der Waals surface area contributed by atoms with Gasteiger partial charge in [-0.3, -0.25) is 4.79 Å². The first kappa shape index (κ1) is 37.6. The highest BCUT2D eigenvalue weighted by Gasteiger charge is 2.32. The molecular weight excluding hydrogens is 647 g/mol. The van der Waals surface area contributed by atoms with Gasteiger partial charge in [0, 0.05) is 35.2 Å². The van der Waals surface area contributed by atoms with Crippen LogP contribution in [0.2, 0.25) is 0 Å². The van der Waals surface area contributed by atoms with Gasteiger partial charge in [0.25, 0.3) is 0 Å². The minimum atomic E-state index is -4.51. The van der Waals surface area contributed by atoms with Gasteiger partial charge in [-0.25, -0.2) is 4.98 Å². The van der Waals surface area contributed by atoms with E-state index >= 15 is 0 Å². The van der Waals surface area contributed by atoms with Crippen molar-refractivity contribution in [2.24, 2.45) is 5.73 Å². The van der Waals surface area contributed by atoms with Crippen LogP contribution in [0.5, 0.6) is 5.75 Å². The van der Waals surface area contributed by atoms with Crippen molar-refractivity contribution in [3.63, 3.8) is 0 Å². The summed E-state index contributed by atoms with van der Waals surface area (Å²) in [7, 11) is 1.60. The van der Waals surface area contributed by atoms with E-state index in [1.807, 2.05) is 84.3 Å². The molecule has 268 valence electrons. The van der Waals surface area contributed by atoms with Crippen LogP contribution >= 0.6 is 0 Å². The van der Waals surface area contributed by atoms with Crippen LogP contribution in [0.25, 0.3) is 33.9 Å². The molecule has 0 spiro atoms. The van der Waals surface area contributed by atoms with Crippen LogP contribution in [-0.2, 0) is 12.7 Å². The Morgan fingerprint density at radius 3 is 1.94 bits per heavy atom. The van der Waals surface area contributed by atoms with Crippen molar-refractivity contribution in [2.75, 3.05) is 13.7 Å². The SMILES string of the molecule is COc1ccc(-c2c(-c3ccc(C)cc3)nc(-c3cc(C)cc(C(F)(F)F)c3)n2Cc2ccc(C(=O)CCCCCCCCCCN)cc2)cc1. The Kier molecular flexibility index (Phi) is 12.9. The lowest BCUT2D eigenvalue weighted by Gasteiger charge is -2.16. The van der Waals surface area contributed by atoms with Crippen molar-refractivity contribution in [3.05, 3.63) is 119 Å². The smallest absolute Gasteiger partial charge is 0.416 e. The Hall–Kier alpha value is -4.69. The van der Waals surface area contributed by atoms with E-state index in [-0.39, 0.29) is 5.78 Å². The van der Waals surface area contributed by atoms with Gasteiger partial charge in [0.05, 0.1) is 24.1 Å². The van der Waals surface area contributed by atoms with Gasteiger partial charge in [0.15, 0.2) is 5.78 Å². The minimum Gasteiger partial charge on any atom is -0.497 e. The number of benzene rings is 4. The third kappa shape index (κ3) is 9.97. The van der Waals surface area contributed by atoms with Crippen LogP contribution < -0.4 is 10.5 Å². The second-order valence-corrected chi connectivity index (χ2v) is 13.4. The third-order valence-corrected chi connectivity index (χ3v) is 9.29. The van der Waals surface area contributed by atoms with Crippen LogP contribution in [0.4, 0.5) is 13.2 Å². The summed E-state index contributed by atoms with van der Waals surface area (Å²) in [6, 6.07) is 27.2. The molecule has 4 aromatic carbocycles. The largest absolute Gasteiger partial charge is 0.497 e. The van der Waals surface area contributed by atoms with Gasteiger partial charge in [-0.05, 0) is 86.8 Å². The lowest BCUT2D eigenvalue weighted by molar-refractivity contribution is -0.137. The second-order valence-electron chi connectivity index (χ2n) is 13.4. The van der Waals surface area contributed by atoms with E-state index < -0.39 is 11.7 Å².